The molecule has 36 heavy (non-hydrogen) atoms. The lowest BCUT2D eigenvalue weighted by atomic mass is 10.1. The molecule has 3 aromatic carbocycles. The first-order valence-electron chi connectivity index (χ1n) is 10.2. The Labute approximate surface area is 226 Å². The Morgan fingerprint density at radius 2 is 1.61 bits per heavy atom. The summed E-state index contributed by atoms with van der Waals surface area (Å²) in [5.74, 6) is -0.444. The van der Waals surface area contributed by atoms with E-state index in [2.05, 4.69) is 0 Å². The standard InChI is InChI=1S/C24H16Cl3NO6S2/c1-33-21-11-14(5-10-20(21)34-36(31,32)16-8-6-15(25)7-9-16)12-22-23(29)28(24(30)35-22)13-17-18(26)3-2-4-19(17)27/h2-12H,13H2,1H3/b22-12-. The lowest BCUT2D eigenvalue weighted by molar-refractivity contribution is -0.123. The third kappa shape index (κ3) is 5.66. The predicted octanol–water partition coefficient (Wildman–Crippen LogP) is 6.66. The van der Waals surface area contributed by atoms with E-state index in [-0.39, 0.29) is 27.8 Å². The van der Waals surface area contributed by atoms with E-state index < -0.39 is 21.3 Å². The van der Waals surface area contributed by atoms with Crippen LogP contribution in [-0.2, 0) is 21.5 Å². The number of thioether (sulfide) groups is 1. The van der Waals surface area contributed by atoms with E-state index in [1.165, 1.54) is 55.7 Å². The fourth-order valence-electron chi connectivity index (χ4n) is 3.24. The second-order valence-corrected chi connectivity index (χ2v) is 11.2. The number of carbonyl (C=O) groups is 2. The van der Waals surface area contributed by atoms with Gasteiger partial charge in [-0.3, -0.25) is 14.5 Å². The van der Waals surface area contributed by atoms with Crippen LogP contribution in [0.5, 0.6) is 11.5 Å². The molecule has 3 aromatic rings. The van der Waals surface area contributed by atoms with Crippen LogP contribution in [0.2, 0.25) is 15.1 Å². The molecule has 1 heterocycles. The average molecular weight is 585 g/mol. The fraction of sp³-hybridized carbons (Fsp3) is 0.0833. The zero-order valence-electron chi connectivity index (χ0n) is 18.4. The molecule has 0 aliphatic carbocycles. The van der Waals surface area contributed by atoms with Crippen molar-refractivity contribution in [3.63, 3.8) is 0 Å². The predicted molar refractivity (Wildman–Crippen MR) is 140 cm³/mol. The van der Waals surface area contributed by atoms with Crippen LogP contribution in [-0.4, -0.2) is 31.6 Å². The highest BCUT2D eigenvalue weighted by Crippen LogP contribution is 2.37. The first kappa shape index (κ1) is 26.4. The maximum absolute atomic E-state index is 12.9. The van der Waals surface area contributed by atoms with E-state index in [1.807, 2.05) is 0 Å². The highest BCUT2D eigenvalue weighted by atomic mass is 35.5. The largest absolute Gasteiger partial charge is 0.493 e. The van der Waals surface area contributed by atoms with Crippen LogP contribution in [0.4, 0.5) is 4.79 Å². The summed E-state index contributed by atoms with van der Waals surface area (Å²) in [4.78, 5) is 26.6. The highest BCUT2D eigenvalue weighted by Gasteiger charge is 2.35. The summed E-state index contributed by atoms with van der Waals surface area (Å²) in [6.07, 6.45) is 1.50. The molecule has 0 aromatic heterocycles. The molecule has 0 unspecified atom stereocenters. The number of hydrogen-bond donors (Lipinski definition) is 0. The molecule has 1 fully saturated rings. The number of nitrogens with zero attached hydrogens (tertiary/aromatic N) is 1. The van der Waals surface area contributed by atoms with E-state index >= 15 is 0 Å². The molecule has 0 spiro atoms. The van der Waals surface area contributed by atoms with Gasteiger partial charge in [-0.25, -0.2) is 0 Å². The summed E-state index contributed by atoms with van der Waals surface area (Å²) < 4.78 is 35.8. The van der Waals surface area contributed by atoms with E-state index in [4.69, 9.17) is 43.7 Å². The summed E-state index contributed by atoms with van der Waals surface area (Å²) in [6.45, 7) is -0.0703. The van der Waals surface area contributed by atoms with Crippen LogP contribution in [0.1, 0.15) is 11.1 Å². The summed E-state index contributed by atoms with van der Waals surface area (Å²) in [7, 11) is -2.79. The van der Waals surface area contributed by atoms with Crippen LogP contribution in [0.3, 0.4) is 0 Å². The highest BCUT2D eigenvalue weighted by molar-refractivity contribution is 8.18. The lowest BCUT2D eigenvalue weighted by Gasteiger charge is -2.14. The Kier molecular flexibility index (Phi) is 7.87. The summed E-state index contributed by atoms with van der Waals surface area (Å²) in [6, 6.07) is 14.9. The van der Waals surface area contributed by atoms with Gasteiger partial charge < -0.3 is 8.92 Å². The number of amides is 2. The van der Waals surface area contributed by atoms with Gasteiger partial charge in [-0.15, -0.1) is 0 Å². The van der Waals surface area contributed by atoms with Crippen molar-refractivity contribution in [2.24, 2.45) is 0 Å². The Hall–Kier alpha value is -2.69. The van der Waals surface area contributed by atoms with E-state index in [1.54, 1.807) is 18.2 Å². The van der Waals surface area contributed by atoms with Crippen molar-refractivity contribution in [3.8, 4) is 11.5 Å². The first-order chi connectivity index (χ1) is 17.1. The Balaban J connectivity index is 1.56. The van der Waals surface area contributed by atoms with Gasteiger partial charge in [0, 0.05) is 20.6 Å². The smallest absolute Gasteiger partial charge is 0.339 e. The lowest BCUT2D eigenvalue weighted by Crippen LogP contribution is -2.27. The molecule has 4 rings (SSSR count). The van der Waals surface area contributed by atoms with Gasteiger partial charge in [0.15, 0.2) is 11.5 Å². The van der Waals surface area contributed by atoms with Crippen molar-refractivity contribution < 1.29 is 26.9 Å². The van der Waals surface area contributed by atoms with E-state index in [9.17, 15) is 18.0 Å². The molecule has 0 atom stereocenters. The van der Waals surface area contributed by atoms with E-state index in [0.717, 1.165) is 16.7 Å². The quantitative estimate of drug-likeness (QED) is 0.227. The Bertz CT molecular complexity index is 1470. The molecule has 0 radical (unpaired) electrons. The van der Waals surface area contributed by atoms with E-state index in [0.29, 0.717) is 26.2 Å². The van der Waals surface area contributed by atoms with Gasteiger partial charge in [0.05, 0.1) is 18.6 Å². The van der Waals surface area contributed by atoms with Gasteiger partial charge in [0.2, 0.25) is 0 Å². The number of hydrogen-bond acceptors (Lipinski definition) is 7. The van der Waals surface area contributed by atoms with Crippen molar-refractivity contribution in [1.82, 2.24) is 4.90 Å². The molecular formula is C24H16Cl3NO6S2. The van der Waals surface area contributed by atoms with Crippen molar-refractivity contribution in [2.75, 3.05) is 7.11 Å². The van der Waals surface area contributed by atoms with Crippen molar-refractivity contribution in [1.29, 1.82) is 0 Å². The molecule has 7 nitrogen and oxygen atoms in total. The molecule has 1 aliphatic heterocycles. The number of carbonyl (C=O) groups excluding carboxylic acids is 2. The SMILES string of the molecule is COc1cc(/C=C2\SC(=O)N(Cc3c(Cl)cccc3Cl)C2=O)ccc1OS(=O)(=O)c1ccc(Cl)cc1. The second kappa shape index (κ2) is 10.7. The molecular weight excluding hydrogens is 569 g/mol. The van der Waals surface area contributed by atoms with Crippen LogP contribution in [0, 0.1) is 0 Å². The van der Waals surface area contributed by atoms with Crippen molar-refractivity contribution in [3.05, 3.63) is 91.8 Å². The molecule has 0 bridgehead atoms. The summed E-state index contributed by atoms with van der Waals surface area (Å²) in [5, 5.41) is 0.609. The van der Waals surface area contributed by atoms with Crippen molar-refractivity contribution in [2.45, 2.75) is 11.4 Å². The molecule has 0 saturated carbocycles. The molecule has 2 amide bonds. The normalized spacial score (nSPS) is 15.0. The molecule has 0 N–H and O–H groups in total. The molecule has 12 heteroatoms. The Morgan fingerprint density at radius 3 is 2.25 bits per heavy atom. The van der Waals surface area contributed by atoms with Gasteiger partial charge >= 0.3 is 10.1 Å². The van der Waals surface area contributed by atoms with Gasteiger partial charge in [-0.2, -0.15) is 8.42 Å². The minimum absolute atomic E-state index is 0.0499. The fourth-order valence-corrected chi connectivity index (χ4v) is 5.66. The third-order valence-corrected chi connectivity index (χ3v) is 8.15. The van der Waals surface area contributed by atoms with Gasteiger partial charge in [-0.1, -0.05) is 46.9 Å². The topological polar surface area (TPSA) is 90.0 Å². The van der Waals surface area contributed by atoms with Crippen LogP contribution < -0.4 is 8.92 Å². The maximum Gasteiger partial charge on any atom is 0.339 e. The third-order valence-electron chi connectivity index (χ3n) is 5.04. The second-order valence-electron chi connectivity index (χ2n) is 7.37. The maximum atomic E-state index is 12.9. The minimum Gasteiger partial charge on any atom is -0.493 e. The first-order valence-corrected chi connectivity index (χ1v) is 13.5. The summed E-state index contributed by atoms with van der Waals surface area (Å²) in [5.41, 5.74) is 0.957. The number of halogens is 3. The Morgan fingerprint density at radius 1 is 0.944 bits per heavy atom. The molecule has 1 saturated heterocycles. The van der Waals surface area contributed by atoms with Gasteiger partial charge in [-0.05, 0) is 71.9 Å². The minimum atomic E-state index is -4.14. The van der Waals surface area contributed by atoms with Crippen LogP contribution in [0.25, 0.3) is 6.08 Å². The van der Waals surface area contributed by atoms with Crippen LogP contribution >= 0.6 is 46.6 Å². The molecule has 1 aliphatic rings. The number of rotatable bonds is 7. The number of ether oxygens (including phenoxy) is 1. The number of imide groups is 1. The number of methoxy groups -OCH3 is 1. The zero-order valence-corrected chi connectivity index (χ0v) is 22.3. The molecule has 186 valence electrons. The summed E-state index contributed by atoms with van der Waals surface area (Å²) >= 11 is 18.9. The number of benzene rings is 3. The van der Waals surface area contributed by atoms with Gasteiger partial charge in [0.1, 0.15) is 4.90 Å². The van der Waals surface area contributed by atoms with Crippen LogP contribution in [0.15, 0.2) is 70.5 Å². The average Bonchev–Trinajstić information content (AvgIpc) is 3.09. The van der Waals surface area contributed by atoms with Crippen molar-refractivity contribution >= 4 is 73.9 Å². The monoisotopic (exact) mass is 583 g/mol. The zero-order chi connectivity index (χ0) is 26.0. The van der Waals surface area contributed by atoms with Gasteiger partial charge in [0.25, 0.3) is 11.1 Å².